The number of nitrogens with one attached hydrogen (secondary N) is 1. The highest BCUT2D eigenvalue weighted by molar-refractivity contribution is 5.61. The maximum atomic E-state index is 12.7. The zero-order chi connectivity index (χ0) is 14.9. The molecule has 0 aliphatic carbocycles. The molecule has 0 spiro atoms. The van der Waals surface area contributed by atoms with Crippen molar-refractivity contribution >= 4 is 5.69 Å². The van der Waals surface area contributed by atoms with Crippen LogP contribution in [0.5, 0.6) is 0 Å². The van der Waals surface area contributed by atoms with Gasteiger partial charge in [-0.1, -0.05) is 0 Å². The molecule has 2 rings (SSSR count). The number of rotatable bonds is 1. The van der Waals surface area contributed by atoms with Crippen LogP contribution in [-0.4, -0.2) is 25.2 Å². The molecule has 1 aliphatic rings. The number of anilines is 1. The molecule has 1 N–H and O–H groups in total. The van der Waals surface area contributed by atoms with Crippen molar-refractivity contribution in [3.05, 3.63) is 29.3 Å². The van der Waals surface area contributed by atoms with E-state index < -0.39 is 11.7 Å². The summed E-state index contributed by atoms with van der Waals surface area (Å²) in [6, 6.07) is 5.68. The van der Waals surface area contributed by atoms with E-state index in [1.165, 1.54) is 6.07 Å². The first-order chi connectivity index (χ1) is 9.31. The molecule has 108 valence electrons. The van der Waals surface area contributed by atoms with Gasteiger partial charge in [0.1, 0.15) is 6.07 Å². The van der Waals surface area contributed by atoms with Crippen LogP contribution < -0.4 is 10.2 Å². The molecule has 0 aromatic heterocycles. The van der Waals surface area contributed by atoms with Crippen LogP contribution in [0.25, 0.3) is 0 Å². The van der Waals surface area contributed by atoms with Crippen molar-refractivity contribution in [2.75, 3.05) is 18.0 Å². The van der Waals surface area contributed by atoms with Crippen molar-refractivity contribution in [1.82, 2.24) is 5.32 Å². The van der Waals surface area contributed by atoms with Crippen molar-refractivity contribution in [3.63, 3.8) is 0 Å². The van der Waals surface area contributed by atoms with E-state index in [-0.39, 0.29) is 17.6 Å². The Balaban J connectivity index is 2.35. The summed E-state index contributed by atoms with van der Waals surface area (Å²) in [5.74, 6) is 0. The SMILES string of the molecule is CC1CN(c2ccc(C(F)(F)F)cc2C#N)CC(C)N1. The number of benzene rings is 1. The van der Waals surface area contributed by atoms with Crippen LogP contribution in [0.2, 0.25) is 0 Å². The highest BCUT2D eigenvalue weighted by Crippen LogP contribution is 2.33. The molecular weight excluding hydrogens is 267 g/mol. The second kappa shape index (κ2) is 5.33. The quantitative estimate of drug-likeness (QED) is 0.861. The summed E-state index contributed by atoms with van der Waals surface area (Å²) in [5, 5.41) is 12.5. The second-order valence-electron chi connectivity index (χ2n) is 5.22. The predicted molar refractivity (Wildman–Crippen MR) is 70.4 cm³/mol. The zero-order valence-electron chi connectivity index (χ0n) is 11.3. The molecule has 0 radical (unpaired) electrons. The molecule has 2 unspecified atom stereocenters. The number of alkyl halides is 3. The maximum Gasteiger partial charge on any atom is 0.416 e. The molecule has 20 heavy (non-hydrogen) atoms. The summed E-state index contributed by atoms with van der Waals surface area (Å²) in [6.45, 7) is 5.37. The van der Waals surface area contributed by atoms with Crippen LogP contribution in [-0.2, 0) is 6.18 Å². The summed E-state index contributed by atoms with van der Waals surface area (Å²) in [7, 11) is 0. The van der Waals surface area contributed by atoms with E-state index in [9.17, 15) is 13.2 Å². The van der Waals surface area contributed by atoms with E-state index in [1.54, 1.807) is 0 Å². The van der Waals surface area contributed by atoms with Crippen molar-refractivity contribution in [2.45, 2.75) is 32.1 Å². The molecule has 3 nitrogen and oxygen atoms in total. The summed E-state index contributed by atoms with van der Waals surface area (Å²) < 4.78 is 38.0. The van der Waals surface area contributed by atoms with Gasteiger partial charge in [-0.2, -0.15) is 18.4 Å². The fraction of sp³-hybridized carbons (Fsp3) is 0.500. The molecule has 0 bridgehead atoms. The number of nitrogens with zero attached hydrogens (tertiary/aromatic N) is 2. The molecule has 0 amide bonds. The molecule has 6 heteroatoms. The fourth-order valence-electron chi connectivity index (χ4n) is 2.60. The number of hydrogen-bond acceptors (Lipinski definition) is 3. The van der Waals surface area contributed by atoms with Crippen LogP contribution >= 0.6 is 0 Å². The zero-order valence-corrected chi connectivity index (χ0v) is 11.3. The van der Waals surface area contributed by atoms with Crippen LogP contribution in [0, 0.1) is 11.3 Å². The number of nitriles is 1. The Labute approximate surface area is 116 Å². The Bertz CT molecular complexity index is 523. The van der Waals surface area contributed by atoms with Gasteiger partial charge in [0, 0.05) is 25.2 Å². The van der Waals surface area contributed by atoms with Crippen molar-refractivity contribution < 1.29 is 13.2 Å². The normalized spacial score (nSPS) is 23.5. The standard InChI is InChI=1S/C14H16F3N3/c1-9-7-20(8-10(2)19-9)13-4-3-12(14(15,16)17)5-11(13)6-18/h3-5,9-10,19H,7-8H2,1-2H3. The number of hydrogen-bond donors (Lipinski definition) is 1. The van der Waals surface area contributed by atoms with E-state index in [0.717, 1.165) is 12.1 Å². The van der Waals surface area contributed by atoms with Crippen molar-refractivity contribution in [3.8, 4) is 6.07 Å². The summed E-state index contributed by atoms with van der Waals surface area (Å²) in [5.41, 5.74) is -0.143. The highest BCUT2D eigenvalue weighted by Gasteiger charge is 2.32. The lowest BCUT2D eigenvalue weighted by molar-refractivity contribution is -0.137. The van der Waals surface area contributed by atoms with E-state index >= 15 is 0 Å². The third kappa shape index (κ3) is 3.05. The van der Waals surface area contributed by atoms with E-state index in [4.69, 9.17) is 5.26 Å². The third-order valence-electron chi connectivity index (χ3n) is 3.34. The van der Waals surface area contributed by atoms with Gasteiger partial charge < -0.3 is 10.2 Å². The lowest BCUT2D eigenvalue weighted by atomic mass is 10.1. The molecule has 1 aromatic carbocycles. The van der Waals surface area contributed by atoms with Gasteiger partial charge in [0.2, 0.25) is 0 Å². The van der Waals surface area contributed by atoms with Gasteiger partial charge in [-0.15, -0.1) is 0 Å². The van der Waals surface area contributed by atoms with Crippen molar-refractivity contribution in [2.24, 2.45) is 0 Å². The lowest BCUT2D eigenvalue weighted by Gasteiger charge is -2.38. The van der Waals surface area contributed by atoms with E-state index in [2.05, 4.69) is 5.32 Å². The summed E-state index contributed by atoms with van der Waals surface area (Å²) >= 11 is 0. The largest absolute Gasteiger partial charge is 0.416 e. The van der Waals surface area contributed by atoms with Gasteiger partial charge in [0.05, 0.1) is 16.8 Å². The minimum atomic E-state index is -4.42. The van der Waals surface area contributed by atoms with Crippen LogP contribution in [0.4, 0.5) is 18.9 Å². The minimum absolute atomic E-state index is 0.0705. The molecule has 1 aliphatic heterocycles. The Kier molecular flexibility index (Phi) is 3.91. The van der Waals surface area contributed by atoms with Gasteiger partial charge in [-0.25, -0.2) is 0 Å². The Morgan fingerprint density at radius 3 is 2.35 bits per heavy atom. The maximum absolute atomic E-state index is 12.7. The first kappa shape index (κ1) is 14.7. The fourth-order valence-corrected chi connectivity index (χ4v) is 2.60. The van der Waals surface area contributed by atoms with Crippen LogP contribution in [0.1, 0.15) is 25.0 Å². The van der Waals surface area contributed by atoms with Gasteiger partial charge >= 0.3 is 6.18 Å². The summed E-state index contributed by atoms with van der Waals surface area (Å²) in [4.78, 5) is 1.96. The molecule has 1 heterocycles. The number of piperazine rings is 1. The molecular formula is C14H16F3N3. The van der Waals surface area contributed by atoms with Gasteiger partial charge in [0.25, 0.3) is 0 Å². The average Bonchev–Trinajstić information content (AvgIpc) is 2.35. The van der Waals surface area contributed by atoms with Gasteiger partial charge in [-0.05, 0) is 32.0 Å². The molecule has 1 saturated heterocycles. The monoisotopic (exact) mass is 283 g/mol. The molecule has 1 aromatic rings. The average molecular weight is 283 g/mol. The Morgan fingerprint density at radius 2 is 1.85 bits per heavy atom. The molecule has 0 saturated carbocycles. The Hall–Kier alpha value is -1.74. The van der Waals surface area contributed by atoms with E-state index in [1.807, 2.05) is 24.8 Å². The van der Waals surface area contributed by atoms with Crippen LogP contribution in [0.15, 0.2) is 18.2 Å². The third-order valence-corrected chi connectivity index (χ3v) is 3.34. The predicted octanol–water partition coefficient (Wildman–Crippen LogP) is 2.76. The number of halogens is 3. The van der Waals surface area contributed by atoms with Gasteiger partial charge in [-0.3, -0.25) is 0 Å². The molecule has 2 atom stereocenters. The van der Waals surface area contributed by atoms with Crippen molar-refractivity contribution in [1.29, 1.82) is 5.26 Å². The topological polar surface area (TPSA) is 39.1 Å². The van der Waals surface area contributed by atoms with Gasteiger partial charge in [0.15, 0.2) is 0 Å². The highest BCUT2D eigenvalue weighted by atomic mass is 19.4. The van der Waals surface area contributed by atoms with Crippen LogP contribution in [0.3, 0.4) is 0 Å². The minimum Gasteiger partial charge on any atom is -0.367 e. The second-order valence-corrected chi connectivity index (χ2v) is 5.22. The lowest BCUT2D eigenvalue weighted by Crippen LogP contribution is -2.54. The summed E-state index contributed by atoms with van der Waals surface area (Å²) in [6.07, 6.45) is -4.42. The smallest absolute Gasteiger partial charge is 0.367 e. The van der Waals surface area contributed by atoms with E-state index in [0.29, 0.717) is 18.8 Å². The first-order valence-corrected chi connectivity index (χ1v) is 6.43. The first-order valence-electron chi connectivity index (χ1n) is 6.43. The Morgan fingerprint density at radius 1 is 1.25 bits per heavy atom. The molecule has 1 fully saturated rings.